The molecule has 0 radical (unpaired) electrons. The zero-order chi connectivity index (χ0) is 22.0. The van der Waals surface area contributed by atoms with E-state index < -0.39 is 17.7 Å². The third-order valence-corrected chi connectivity index (χ3v) is 6.76. The van der Waals surface area contributed by atoms with Crippen LogP contribution >= 0.6 is 11.8 Å². The van der Waals surface area contributed by atoms with Crippen LogP contribution in [0.1, 0.15) is 12.0 Å². The lowest BCUT2D eigenvalue weighted by atomic mass is 10.1. The van der Waals surface area contributed by atoms with Gasteiger partial charge < -0.3 is 14.9 Å². The SMILES string of the molecule is O=C(O)CN1CCN(CCCN2c3ccccc3Sc3ccc(C(F)(F)F)cc32)CC1. The average Bonchev–Trinajstić information content (AvgIpc) is 2.73. The van der Waals surface area contributed by atoms with Crippen molar-refractivity contribution in [3.8, 4) is 0 Å². The van der Waals surface area contributed by atoms with Crippen LogP contribution in [-0.4, -0.2) is 66.7 Å². The molecule has 1 saturated heterocycles. The Morgan fingerprint density at radius 2 is 1.61 bits per heavy atom. The summed E-state index contributed by atoms with van der Waals surface area (Å²) in [5.41, 5.74) is 0.904. The summed E-state index contributed by atoms with van der Waals surface area (Å²) < 4.78 is 39.9. The smallest absolute Gasteiger partial charge is 0.416 e. The molecule has 0 aromatic heterocycles. The number of hydrogen-bond acceptors (Lipinski definition) is 5. The topological polar surface area (TPSA) is 47.0 Å². The number of nitrogens with zero attached hydrogens (tertiary/aromatic N) is 3. The average molecular weight is 452 g/mol. The summed E-state index contributed by atoms with van der Waals surface area (Å²) >= 11 is 1.50. The van der Waals surface area contributed by atoms with Gasteiger partial charge in [0.25, 0.3) is 0 Å². The fourth-order valence-corrected chi connectivity index (χ4v) is 5.14. The second kappa shape index (κ2) is 9.10. The van der Waals surface area contributed by atoms with E-state index in [-0.39, 0.29) is 6.54 Å². The second-order valence-corrected chi connectivity index (χ2v) is 8.85. The summed E-state index contributed by atoms with van der Waals surface area (Å²) in [7, 11) is 0. The Labute approximate surface area is 183 Å². The number of piperazine rings is 1. The molecule has 9 heteroatoms. The highest BCUT2D eigenvalue weighted by molar-refractivity contribution is 7.99. The summed E-state index contributed by atoms with van der Waals surface area (Å²) in [5.74, 6) is -0.813. The highest BCUT2D eigenvalue weighted by Gasteiger charge is 2.33. The van der Waals surface area contributed by atoms with E-state index in [4.69, 9.17) is 5.11 Å². The van der Waals surface area contributed by atoms with Crippen LogP contribution in [0.3, 0.4) is 0 Å². The minimum absolute atomic E-state index is 0.0639. The zero-order valence-corrected chi connectivity index (χ0v) is 17.8. The third-order valence-electron chi connectivity index (χ3n) is 5.63. The van der Waals surface area contributed by atoms with Crippen LogP contribution in [0.5, 0.6) is 0 Å². The lowest BCUT2D eigenvalue weighted by Crippen LogP contribution is -2.48. The molecule has 2 aromatic carbocycles. The first kappa shape index (κ1) is 22.0. The zero-order valence-electron chi connectivity index (χ0n) is 16.9. The number of anilines is 2. The van der Waals surface area contributed by atoms with Crippen LogP contribution in [0, 0.1) is 0 Å². The first-order valence-electron chi connectivity index (χ1n) is 10.2. The maximum absolute atomic E-state index is 13.3. The normalized spacial score (nSPS) is 17.3. The highest BCUT2D eigenvalue weighted by Crippen LogP contribution is 2.49. The van der Waals surface area contributed by atoms with Gasteiger partial charge in [0.1, 0.15) is 0 Å². The number of rotatable bonds is 6. The van der Waals surface area contributed by atoms with Crippen molar-refractivity contribution in [2.24, 2.45) is 0 Å². The van der Waals surface area contributed by atoms with Crippen LogP contribution in [-0.2, 0) is 11.0 Å². The lowest BCUT2D eigenvalue weighted by molar-refractivity contribution is -0.139. The molecule has 2 heterocycles. The van der Waals surface area contributed by atoms with Gasteiger partial charge >= 0.3 is 12.1 Å². The van der Waals surface area contributed by atoms with Crippen molar-refractivity contribution in [1.82, 2.24) is 9.80 Å². The first-order valence-corrected chi connectivity index (χ1v) is 11.0. The van der Waals surface area contributed by atoms with E-state index in [1.54, 1.807) is 6.07 Å². The Bertz CT molecular complexity index is 946. The summed E-state index contributed by atoms with van der Waals surface area (Å²) in [5, 5.41) is 8.91. The summed E-state index contributed by atoms with van der Waals surface area (Å²) in [6.45, 7) is 4.53. The molecule has 1 fully saturated rings. The standard InChI is InChI=1S/C22H24F3N3O2S/c23-22(24,25)16-6-7-20-18(14-16)28(17-4-1-2-5-19(17)31-20)9-3-8-26-10-12-27(13-11-26)15-21(29)30/h1-2,4-7,14H,3,8-13,15H2,(H,29,30). The minimum Gasteiger partial charge on any atom is -0.480 e. The van der Waals surface area contributed by atoms with Crippen LogP contribution in [0.25, 0.3) is 0 Å². The van der Waals surface area contributed by atoms with Gasteiger partial charge in [0, 0.05) is 42.5 Å². The predicted octanol–water partition coefficient (Wildman–Crippen LogP) is 4.40. The van der Waals surface area contributed by atoms with Gasteiger partial charge in [-0.25, -0.2) is 0 Å². The molecule has 0 saturated carbocycles. The van der Waals surface area contributed by atoms with Gasteiger partial charge in [-0.1, -0.05) is 23.9 Å². The van der Waals surface area contributed by atoms with E-state index in [2.05, 4.69) is 4.90 Å². The maximum Gasteiger partial charge on any atom is 0.416 e. The Balaban J connectivity index is 1.45. The first-order chi connectivity index (χ1) is 14.8. The van der Waals surface area contributed by atoms with E-state index in [0.717, 1.165) is 47.6 Å². The number of alkyl halides is 3. The summed E-state index contributed by atoms with van der Waals surface area (Å²) in [6, 6.07) is 11.8. The number of carbonyl (C=O) groups is 1. The van der Waals surface area contributed by atoms with E-state index in [0.29, 0.717) is 25.3 Å². The largest absolute Gasteiger partial charge is 0.480 e. The molecule has 0 unspecified atom stereocenters. The van der Waals surface area contributed by atoms with E-state index in [9.17, 15) is 18.0 Å². The maximum atomic E-state index is 13.3. The van der Waals surface area contributed by atoms with Crippen LogP contribution in [0.4, 0.5) is 24.5 Å². The van der Waals surface area contributed by atoms with Gasteiger partial charge in [0.15, 0.2) is 0 Å². The molecule has 4 rings (SSSR count). The molecule has 31 heavy (non-hydrogen) atoms. The van der Waals surface area contributed by atoms with Crippen molar-refractivity contribution in [2.75, 3.05) is 50.7 Å². The Morgan fingerprint density at radius 1 is 0.935 bits per heavy atom. The number of hydrogen-bond donors (Lipinski definition) is 1. The minimum atomic E-state index is -4.38. The van der Waals surface area contributed by atoms with E-state index in [1.165, 1.54) is 17.8 Å². The number of benzene rings is 2. The number of para-hydroxylation sites is 1. The van der Waals surface area contributed by atoms with E-state index >= 15 is 0 Å². The van der Waals surface area contributed by atoms with Crippen molar-refractivity contribution in [2.45, 2.75) is 22.4 Å². The van der Waals surface area contributed by atoms with Crippen molar-refractivity contribution in [3.05, 3.63) is 48.0 Å². The number of aliphatic carboxylic acids is 1. The molecular weight excluding hydrogens is 427 g/mol. The van der Waals surface area contributed by atoms with Crippen LogP contribution in [0.15, 0.2) is 52.3 Å². The lowest BCUT2D eigenvalue weighted by Gasteiger charge is -2.36. The number of carboxylic acids is 1. The van der Waals surface area contributed by atoms with Gasteiger partial charge in [0.05, 0.1) is 23.5 Å². The van der Waals surface area contributed by atoms with Crippen LogP contribution < -0.4 is 4.90 Å². The molecule has 5 nitrogen and oxygen atoms in total. The fourth-order valence-electron chi connectivity index (χ4n) is 4.06. The van der Waals surface area contributed by atoms with Gasteiger partial charge in [-0.3, -0.25) is 9.69 Å². The second-order valence-electron chi connectivity index (χ2n) is 7.77. The molecule has 166 valence electrons. The van der Waals surface area contributed by atoms with Gasteiger partial charge in [-0.05, 0) is 43.3 Å². The number of carboxylic acid groups (broad SMARTS) is 1. The molecule has 2 aliphatic rings. The summed E-state index contributed by atoms with van der Waals surface area (Å²) in [6.07, 6.45) is -3.58. The molecule has 2 aliphatic heterocycles. The molecule has 0 amide bonds. The van der Waals surface area contributed by atoms with Crippen molar-refractivity contribution < 1.29 is 23.1 Å². The summed E-state index contributed by atoms with van der Waals surface area (Å²) in [4.78, 5) is 18.9. The Morgan fingerprint density at radius 3 is 2.32 bits per heavy atom. The van der Waals surface area contributed by atoms with Crippen molar-refractivity contribution >= 4 is 29.1 Å². The Hall–Kier alpha value is -2.23. The van der Waals surface area contributed by atoms with Crippen molar-refractivity contribution in [3.63, 3.8) is 0 Å². The molecule has 2 aromatic rings. The molecule has 1 N–H and O–H groups in total. The Kier molecular flexibility index (Phi) is 6.45. The van der Waals surface area contributed by atoms with Crippen LogP contribution in [0.2, 0.25) is 0 Å². The quantitative estimate of drug-likeness (QED) is 0.703. The number of fused-ring (bicyclic) bond motifs is 2. The monoisotopic (exact) mass is 451 g/mol. The molecule has 0 atom stereocenters. The molecule has 0 spiro atoms. The van der Waals surface area contributed by atoms with Gasteiger partial charge in [0.2, 0.25) is 0 Å². The molecule has 0 aliphatic carbocycles. The predicted molar refractivity (Wildman–Crippen MR) is 114 cm³/mol. The van der Waals surface area contributed by atoms with Gasteiger partial charge in [-0.15, -0.1) is 0 Å². The number of halogens is 3. The van der Waals surface area contributed by atoms with Gasteiger partial charge in [-0.2, -0.15) is 13.2 Å². The molecule has 0 bridgehead atoms. The van der Waals surface area contributed by atoms with E-state index in [1.807, 2.05) is 34.1 Å². The highest BCUT2D eigenvalue weighted by atomic mass is 32.2. The third kappa shape index (κ3) is 5.16. The fraction of sp³-hybridized carbons (Fsp3) is 0.409. The van der Waals surface area contributed by atoms with Crippen molar-refractivity contribution in [1.29, 1.82) is 0 Å². The molecular formula is C22H24F3N3O2S.